The van der Waals surface area contributed by atoms with Crippen molar-refractivity contribution >= 4 is 26.5 Å². The molecule has 0 amide bonds. The molecule has 0 fully saturated rings. The van der Waals surface area contributed by atoms with E-state index in [1.165, 1.54) is 23.6 Å². The average molecular weight is 455 g/mol. The van der Waals surface area contributed by atoms with Gasteiger partial charge in [0.25, 0.3) is 5.56 Å². The van der Waals surface area contributed by atoms with Gasteiger partial charge in [-0.3, -0.25) is 14.2 Å². The Morgan fingerprint density at radius 1 is 1.03 bits per heavy atom. The molecule has 4 rings (SSSR count). The molecule has 7 nitrogen and oxygen atoms in total. The second-order valence-electron chi connectivity index (χ2n) is 7.77. The van der Waals surface area contributed by atoms with Crippen molar-refractivity contribution in [2.45, 2.75) is 13.8 Å². The maximum Gasteiger partial charge on any atom is 0.258 e. The maximum absolute atomic E-state index is 14.6. The summed E-state index contributed by atoms with van der Waals surface area (Å²) in [6.07, 6.45) is 5.31. The van der Waals surface area contributed by atoms with Gasteiger partial charge in [0.2, 0.25) is 10.0 Å². The molecule has 0 radical (unpaired) electrons. The highest BCUT2D eigenvalue weighted by Crippen LogP contribution is 2.35. The van der Waals surface area contributed by atoms with Crippen LogP contribution in [0.2, 0.25) is 0 Å². The smallest absolute Gasteiger partial charge is 0.258 e. The highest BCUT2D eigenvalue weighted by molar-refractivity contribution is 7.92. The second-order valence-corrected chi connectivity index (χ2v) is 9.79. The molecule has 2 aromatic carbocycles. The summed E-state index contributed by atoms with van der Waals surface area (Å²) < 4.78 is 44.1. The van der Waals surface area contributed by atoms with Gasteiger partial charge in [-0.1, -0.05) is 6.07 Å². The standard InChI is InChI=1S/C23H23FN4O3S/c1-5-32(30,31)26-22-10-18(14(2)8-21(22)24)20-13-27(3)23(29)17-7-6-15(9-19(17)20)16-11-25-28(4)12-16/h6-13,26H,5H2,1-4H3. The number of aryl methyl sites for hydroxylation is 3. The minimum atomic E-state index is -3.66. The van der Waals surface area contributed by atoms with Crippen LogP contribution in [-0.4, -0.2) is 28.5 Å². The van der Waals surface area contributed by atoms with Gasteiger partial charge in [0, 0.05) is 43.0 Å². The molecule has 0 bridgehead atoms. The highest BCUT2D eigenvalue weighted by Gasteiger charge is 2.17. The van der Waals surface area contributed by atoms with E-state index in [4.69, 9.17) is 0 Å². The van der Waals surface area contributed by atoms with Gasteiger partial charge in [-0.2, -0.15) is 5.10 Å². The number of hydrogen-bond donors (Lipinski definition) is 1. The zero-order valence-electron chi connectivity index (χ0n) is 18.2. The topological polar surface area (TPSA) is 86.0 Å². The van der Waals surface area contributed by atoms with E-state index in [-0.39, 0.29) is 17.0 Å². The van der Waals surface area contributed by atoms with E-state index < -0.39 is 15.8 Å². The van der Waals surface area contributed by atoms with Crippen LogP contribution in [0.25, 0.3) is 33.0 Å². The molecule has 4 aromatic rings. The first-order valence-electron chi connectivity index (χ1n) is 10.0. The Morgan fingerprint density at radius 3 is 2.44 bits per heavy atom. The molecular weight excluding hydrogens is 431 g/mol. The fourth-order valence-electron chi connectivity index (χ4n) is 3.71. The molecule has 2 aromatic heterocycles. The minimum absolute atomic E-state index is 0.127. The largest absolute Gasteiger partial charge is 0.317 e. The molecule has 1 N–H and O–H groups in total. The van der Waals surface area contributed by atoms with Crippen LogP contribution in [0, 0.1) is 12.7 Å². The third-order valence-electron chi connectivity index (χ3n) is 5.47. The lowest BCUT2D eigenvalue weighted by Gasteiger charge is -2.15. The first kappa shape index (κ1) is 21.8. The van der Waals surface area contributed by atoms with Crippen LogP contribution in [0.3, 0.4) is 0 Å². The minimum Gasteiger partial charge on any atom is -0.317 e. The van der Waals surface area contributed by atoms with Crippen molar-refractivity contribution in [3.05, 3.63) is 70.7 Å². The predicted octanol–water partition coefficient (Wildman–Crippen LogP) is 3.82. The number of aromatic nitrogens is 3. The van der Waals surface area contributed by atoms with Crippen LogP contribution in [0.1, 0.15) is 12.5 Å². The van der Waals surface area contributed by atoms with Crippen molar-refractivity contribution < 1.29 is 12.8 Å². The Morgan fingerprint density at radius 2 is 1.78 bits per heavy atom. The Hall–Kier alpha value is -3.46. The molecule has 0 unspecified atom stereocenters. The number of benzene rings is 2. The van der Waals surface area contributed by atoms with Gasteiger partial charge in [0.05, 0.1) is 17.6 Å². The summed E-state index contributed by atoms with van der Waals surface area (Å²) in [7, 11) is -0.181. The van der Waals surface area contributed by atoms with Crippen molar-refractivity contribution in [2.75, 3.05) is 10.5 Å². The third-order valence-corrected chi connectivity index (χ3v) is 6.76. The first-order chi connectivity index (χ1) is 15.1. The summed E-state index contributed by atoms with van der Waals surface area (Å²) in [4.78, 5) is 12.8. The maximum atomic E-state index is 14.6. The van der Waals surface area contributed by atoms with Crippen LogP contribution in [0.5, 0.6) is 0 Å². The van der Waals surface area contributed by atoms with Crippen LogP contribution in [0.4, 0.5) is 10.1 Å². The predicted molar refractivity (Wildman–Crippen MR) is 125 cm³/mol. The van der Waals surface area contributed by atoms with Gasteiger partial charge in [0.15, 0.2) is 0 Å². The molecule has 0 aliphatic carbocycles. The number of halogens is 1. The van der Waals surface area contributed by atoms with Crippen molar-refractivity contribution in [3.63, 3.8) is 0 Å². The quantitative estimate of drug-likeness (QED) is 0.497. The zero-order chi connectivity index (χ0) is 23.2. The number of rotatable bonds is 5. The Bertz CT molecular complexity index is 1520. The molecule has 166 valence electrons. The Labute approximate surface area is 185 Å². The Kier molecular flexibility index (Phi) is 5.37. The molecule has 0 saturated carbocycles. The van der Waals surface area contributed by atoms with Gasteiger partial charge in [-0.25, -0.2) is 12.8 Å². The average Bonchev–Trinajstić information content (AvgIpc) is 3.19. The summed E-state index contributed by atoms with van der Waals surface area (Å²) in [5.74, 6) is -0.833. The van der Waals surface area contributed by atoms with E-state index in [9.17, 15) is 17.6 Å². The summed E-state index contributed by atoms with van der Waals surface area (Å²) >= 11 is 0. The fourth-order valence-corrected chi connectivity index (χ4v) is 4.35. The van der Waals surface area contributed by atoms with Crippen molar-refractivity contribution in [1.82, 2.24) is 14.3 Å². The number of nitrogens with one attached hydrogen (secondary N) is 1. The van der Waals surface area contributed by atoms with Crippen LogP contribution >= 0.6 is 0 Å². The monoisotopic (exact) mass is 454 g/mol. The second kappa shape index (κ2) is 7.90. The number of hydrogen-bond acceptors (Lipinski definition) is 4. The van der Waals surface area contributed by atoms with Crippen LogP contribution < -0.4 is 10.3 Å². The van der Waals surface area contributed by atoms with Crippen molar-refractivity contribution in [1.29, 1.82) is 0 Å². The lowest BCUT2D eigenvalue weighted by Crippen LogP contribution is -2.17. The van der Waals surface area contributed by atoms with Gasteiger partial charge in [-0.05, 0) is 60.2 Å². The van der Waals surface area contributed by atoms with Crippen molar-refractivity contribution in [3.8, 4) is 22.3 Å². The molecule has 0 atom stereocenters. The summed E-state index contributed by atoms with van der Waals surface area (Å²) in [5, 5.41) is 5.41. The summed E-state index contributed by atoms with van der Waals surface area (Å²) in [6.45, 7) is 3.23. The van der Waals surface area contributed by atoms with E-state index in [1.54, 1.807) is 37.1 Å². The number of sulfonamides is 1. The van der Waals surface area contributed by atoms with E-state index in [0.717, 1.165) is 11.1 Å². The molecular formula is C23H23FN4O3S. The lowest BCUT2D eigenvalue weighted by molar-refractivity contribution is 0.599. The van der Waals surface area contributed by atoms with E-state index in [2.05, 4.69) is 9.82 Å². The molecule has 0 aliphatic heterocycles. The molecule has 32 heavy (non-hydrogen) atoms. The van der Waals surface area contributed by atoms with E-state index in [0.29, 0.717) is 27.5 Å². The van der Waals surface area contributed by atoms with Gasteiger partial charge in [-0.15, -0.1) is 0 Å². The number of anilines is 1. The van der Waals surface area contributed by atoms with Crippen LogP contribution in [0.15, 0.2) is 53.7 Å². The van der Waals surface area contributed by atoms with Gasteiger partial charge in [0.1, 0.15) is 5.82 Å². The highest BCUT2D eigenvalue weighted by atomic mass is 32.2. The SMILES string of the molecule is CCS(=O)(=O)Nc1cc(-c2cn(C)c(=O)c3ccc(-c4cnn(C)c4)cc23)c(C)cc1F. The first-order valence-corrected chi connectivity index (χ1v) is 11.7. The number of fused-ring (bicyclic) bond motifs is 1. The summed E-state index contributed by atoms with van der Waals surface area (Å²) in [6, 6.07) is 8.31. The normalized spacial score (nSPS) is 11.8. The molecule has 9 heteroatoms. The van der Waals surface area contributed by atoms with E-state index in [1.807, 2.05) is 25.4 Å². The Balaban J connectivity index is 1.99. The molecule has 0 aliphatic rings. The molecule has 0 spiro atoms. The zero-order valence-corrected chi connectivity index (χ0v) is 19.0. The molecule has 0 saturated heterocycles. The number of nitrogens with zero attached hydrogens (tertiary/aromatic N) is 3. The van der Waals surface area contributed by atoms with Crippen molar-refractivity contribution in [2.24, 2.45) is 14.1 Å². The third kappa shape index (κ3) is 3.91. The summed E-state index contributed by atoms with van der Waals surface area (Å²) in [5.41, 5.74) is 3.44. The number of pyridine rings is 1. The van der Waals surface area contributed by atoms with Gasteiger partial charge >= 0.3 is 0 Å². The van der Waals surface area contributed by atoms with E-state index >= 15 is 0 Å². The fraction of sp³-hybridized carbons (Fsp3) is 0.217. The van der Waals surface area contributed by atoms with Gasteiger partial charge < -0.3 is 4.57 Å². The lowest BCUT2D eigenvalue weighted by atomic mass is 9.94. The van der Waals surface area contributed by atoms with Crippen LogP contribution in [-0.2, 0) is 24.1 Å². The molecule has 2 heterocycles.